The van der Waals surface area contributed by atoms with E-state index in [0.29, 0.717) is 23.4 Å². The van der Waals surface area contributed by atoms with Gasteiger partial charge in [-0.2, -0.15) is 0 Å². The van der Waals surface area contributed by atoms with E-state index >= 15 is 0 Å². The molecular weight excluding hydrogens is 207 g/mol. The molecule has 0 atom stereocenters. The molecule has 1 aliphatic carbocycles. The molecule has 1 aromatic carbocycles. The molecule has 2 aromatic rings. The molecule has 0 radical (unpaired) electrons. The maximum atomic E-state index is 12.9. The average molecular weight is 220 g/mol. The van der Waals surface area contributed by atoms with Crippen molar-refractivity contribution in [2.24, 2.45) is 5.73 Å². The van der Waals surface area contributed by atoms with Crippen molar-refractivity contribution < 1.29 is 8.81 Å². The summed E-state index contributed by atoms with van der Waals surface area (Å²) in [7, 11) is 0. The Morgan fingerprint density at radius 3 is 2.94 bits per heavy atom. The Labute approximate surface area is 92.5 Å². The van der Waals surface area contributed by atoms with Crippen LogP contribution in [0.3, 0.4) is 0 Å². The quantitative estimate of drug-likeness (QED) is 0.845. The molecule has 1 saturated carbocycles. The molecule has 0 spiro atoms. The Morgan fingerprint density at radius 1 is 1.44 bits per heavy atom. The van der Waals surface area contributed by atoms with E-state index in [1.807, 2.05) is 0 Å². The number of hydrogen-bond acceptors (Lipinski definition) is 3. The minimum Gasteiger partial charge on any atom is -0.441 e. The van der Waals surface area contributed by atoms with Crippen molar-refractivity contribution in [1.29, 1.82) is 0 Å². The molecule has 0 aliphatic heterocycles. The van der Waals surface area contributed by atoms with E-state index in [1.165, 1.54) is 18.6 Å². The van der Waals surface area contributed by atoms with Gasteiger partial charge in [0, 0.05) is 18.0 Å². The van der Waals surface area contributed by atoms with Gasteiger partial charge >= 0.3 is 0 Å². The van der Waals surface area contributed by atoms with Crippen LogP contribution in [0.2, 0.25) is 0 Å². The van der Waals surface area contributed by atoms with Crippen LogP contribution in [-0.2, 0) is 6.42 Å². The van der Waals surface area contributed by atoms with Crippen molar-refractivity contribution in [1.82, 2.24) is 4.98 Å². The number of benzene rings is 1. The number of nitrogens with zero attached hydrogens (tertiary/aromatic N) is 1. The standard InChI is InChI=1S/C12H13FN2O/c13-8-2-3-9-10(6-8)16-11(15-9)7-12(14)4-1-5-12/h2-3,6H,1,4-5,7,14H2. The van der Waals surface area contributed by atoms with Crippen LogP contribution >= 0.6 is 0 Å². The summed E-state index contributed by atoms with van der Waals surface area (Å²) in [5.41, 5.74) is 7.15. The van der Waals surface area contributed by atoms with Gasteiger partial charge in [-0.1, -0.05) is 0 Å². The zero-order valence-electron chi connectivity index (χ0n) is 8.87. The van der Waals surface area contributed by atoms with Gasteiger partial charge in [-0.15, -0.1) is 0 Å². The van der Waals surface area contributed by atoms with Crippen LogP contribution in [-0.4, -0.2) is 10.5 Å². The summed E-state index contributed by atoms with van der Waals surface area (Å²) in [6.07, 6.45) is 3.84. The summed E-state index contributed by atoms with van der Waals surface area (Å²) in [6.45, 7) is 0. The van der Waals surface area contributed by atoms with Crippen molar-refractivity contribution in [2.45, 2.75) is 31.2 Å². The van der Waals surface area contributed by atoms with Crippen LogP contribution < -0.4 is 5.73 Å². The van der Waals surface area contributed by atoms with Crippen molar-refractivity contribution >= 4 is 11.1 Å². The topological polar surface area (TPSA) is 52.0 Å². The molecule has 1 aliphatic rings. The van der Waals surface area contributed by atoms with Gasteiger partial charge in [0.05, 0.1) is 0 Å². The molecule has 1 aromatic heterocycles. The summed E-state index contributed by atoms with van der Waals surface area (Å²) in [6, 6.07) is 4.37. The number of aromatic nitrogens is 1. The highest BCUT2D eigenvalue weighted by molar-refractivity contribution is 5.72. The Bertz CT molecular complexity index is 531. The third kappa shape index (κ3) is 1.59. The maximum Gasteiger partial charge on any atom is 0.197 e. The number of halogens is 1. The molecule has 0 saturated heterocycles. The van der Waals surface area contributed by atoms with E-state index in [-0.39, 0.29) is 11.4 Å². The van der Waals surface area contributed by atoms with Crippen molar-refractivity contribution in [3.05, 3.63) is 29.9 Å². The highest BCUT2D eigenvalue weighted by Gasteiger charge is 2.34. The summed E-state index contributed by atoms with van der Waals surface area (Å²) in [4.78, 5) is 4.31. The van der Waals surface area contributed by atoms with E-state index in [4.69, 9.17) is 10.2 Å². The van der Waals surface area contributed by atoms with E-state index in [2.05, 4.69) is 4.98 Å². The molecule has 1 heterocycles. The third-order valence-corrected chi connectivity index (χ3v) is 3.25. The second kappa shape index (κ2) is 3.28. The summed E-state index contributed by atoms with van der Waals surface area (Å²) >= 11 is 0. The summed E-state index contributed by atoms with van der Waals surface area (Å²) in [5, 5.41) is 0. The monoisotopic (exact) mass is 220 g/mol. The molecular formula is C12H13FN2O. The van der Waals surface area contributed by atoms with Gasteiger partial charge in [-0.25, -0.2) is 9.37 Å². The zero-order chi connectivity index (χ0) is 11.2. The molecule has 0 bridgehead atoms. The van der Waals surface area contributed by atoms with E-state index < -0.39 is 0 Å². The first-order valence-corrected chi connectivity index (χ1v) is 5.49. The van der Waals surface area contributed by atoms with Gasteiger partial charge in [-0.3, -0.25) is 0 Å². The minimum atomic E-state index is -0.304. The third-order valence-electron chi connectivity index (χ3n) is 3.25. The van der Waals surface area contributed by atoms with Crippen molar-refractivity contribution in [2.75, 3.05) is 0 Å². The number of nitrogens with two attached hydrogens (primary N) is 1. The predicted molar refractivity (Wildman–Crippen MR) is 58.4 cm³/mol. The highest BCUT2D eigenvalue weighted by Crippen LogP contribution is 2.32. The van der Waals surface area contributed by atoms with Crippen LogP contribution in [0.4, 0.5) is 4.39 Å². The fourth-order valence-corrected chi connectivity index (χ4v) is 2.13. The van der Waals surface area contributed by atoms with E-state index in [0.717, 1.165) is 12.8 Å². The lowest BCUT2D eigenvalue weighted by Gasteiger charge is -2.36. The Hall–Kier alpha value is -1.42. The first-order chi connectivity index (χ1) is 7.65. The van der Waals surface area contributed by atoms with Gasteiger partial charge in [-0.05, 0) is 31.4 Å². The number of fused-ring (bicyclic) bond motifs is 1. The largest absolute Gasteiger partial charge is 0.441 e. The van der Waals surface area contributed by atoms with Gasteiger partial charge in [0.1, 0.15) is 11.3 Å². The molecule has 3 nitrogen and oxygen atoms in total. The van der Waals surface area contributed by atoms with E-state index in [1.54, 1.807) is 6.07 Å². The second-order valence-electron chi connectivity index (χ2n) is 4.61. The van der Waals surface area contributed by atoms with Crippen LogP contribution in [0, 0.1) is 5.82 Å². The molecule has 16 heavy (non-hydrogen) atoms. The normalized spacial score (nSPS) is 18.6. The van der Waals surface area contributed by atoms with Gasteiger partial charge in [0.2, 0.25) is 0 Å². The summed E-state index contributed by atoms with van der Waals surface area (Å²) in [5.74, 6) is 0.309. The second-order valence-corrected chi connectivity index (χ2v) is 4.61. The van der Waals surface area contributed by atoms with Crippen LogP contribution in [0.5, 0.6) is 0 Å². The molecule has 4 heteroatoms. The Kier molecular flexibility index (Phi) is 2.01. The fourth-order valence-electron chi connectivity index (χ4n) is 2.13. The molecule has 0 amide bonds. The fraction of sp³-hybridized carbons (Fsp3) is 0.417. The molecule has 3 rings (SSSR count). The predicted octanol–water partition coefficient (Wildman–Crippen LogP) is 2.39. The maximum absolute atomic E-state index is 12.9. The summed E-state index contributed by atoms with van der Waals surface area (Å²) < 4.78 is 18.4. The number of hydrogen-bond donors (Lipinski definition) is 1. The number of oxazole rings is 1. The minimum absolute atomic E-state index is 0.153. The Morgan fingerprint density at radius 2 is 2.25 bits per heavy atom. The average Bonchev–Trinajstić information content (AvgIpc) is 2.56. The molecule has 0 unspecified atom stereocenters. The molecule has 2 N–H and O–H groups in total. The van der Waals surface area contributed by atoms with Crippen molar-refractivity contribution in [3.63, 3.8) is 0 Å². The molecule has 1 fully saturated rings. The van der Waals surface area contributed by atoms with Gasteiger partial charge < -0.3 is 10.2 Å². The zero-order valence-corrected chi connectivity index (χ0v) is 8.87. The van der Waals surface area contributed by atoms with Gasteiger partial charge in [0.25, 0.3) is 0 Å². The Balaban J connectivity index is 1.93. The first-order valence-electron chi connectivity index (χ1n) is 5.49. The first kappa shape index (κ1) is 9.78. The lowest BCUT2D eigenvalue weighted by molar-refractivity contribution is 0.232. The number of rotatable bonds is 2. The van der Waals surface area contributed by atoms with Crippen LogP contribution in [0.25, 0.3) is 11.1 Å². The highest BCUT2D eigenvalue weighted by atomic mass is 19.1. The smallest absolute Gasteiger partial charge is 0.197 e. The van der Waals surface area contributed by atoms with E-state index in [9.17, 15) is 4.39 Å². The van der Waals surface area contributed by atoms with Crippen LogP contribution in [0.15, 0.2) is 22.6 Å². The van der Waals surface area contributed by atoms with Gasteiger partial charge in [0.15, 0.2) is 11.5 Å². The lowest BCUT2D eigenvalue weighted by Crippen LogP contribution is -2.48. The van der Waals surface area contributed by atoms with Crippen LogP contribution in [0.1, 0.15) is 25.2 Å². The SMILES string of the molecule is NC1(Cc2nc3ccc(F)cc3o2)CCC1. The van der Waals surface area contributed by atoms with Crippen molar-refractivity contribution in [3.8, 4) is 0 Å². The lowest BCUT2D eigenvalue weighted by atomic mass is 9.75. The molecule has 84 valence electrons.